The number of aliphatic hydroxyl groups is 1. The highest BCUT2D eigenvalue weighted by molar-refractivity contribution is 5.58. The molecule has 3 rings (SSSR count). The second kappa shape index (κ2) is 5.39. The maximum Gasteiger partial charge on any atom is 0.109 e. The van der Waals surface area contributed by atoms with Gasteiger partial charge in [-0.1, -0.05) is 66.7 Å². The molecule has 0 unspecified atom stereocenters. The Kier molecular flexibility index (Phi) is 3.45. The van der Waals surface area contributed by atoms with E-state index in [4.69, 9.17) is 4.74 Å². The lowest BCUT2D eigenvalue weighted by Crippen LogP contribution is -2.23. The van der Waals surface area contributed by atoms with Gasteiger partial charge in [0, 0.05) is 0 Å². The number of aliphatic hydroxyl groups excluding tert-OH is 1. The number of hydrogen-bond acceptors (Lipinski definition) is 2. The minimum absolute atomic E-state index is 0.282. The van der Waals surface area contributed by atoms with Gasteiger partial charge < -0.3 is 9.84 Å². The summed E-state index contributed by atoms with van der Waals surface area (Å²) in [7, 11) is 0. The molecule has 2 atom stereocenters. The Morgan fingerprint density at radius 3 is 2.53 bits per heavy atom. The van der Waals surface area contributed by atoms with Gasteiger partial charge in [0.2, 0.25) is 0 Å². The van der Waals surface area contributed by atoms with Gasteiger partial charge in [0.15, 0.2) is 0 Å². The predicted octanol–water partition coefficient (Wildman–Crippen LogP) is 3.33. The van der Waals surface area contributed by atoms with Crippen LogP contribution in [0.15, 0.2) is 60.7 Å². The van der Waals surface area contributed by atoms with Crippen LogP contribution in [0.2, 0.25) is 0 Å². The lowest BCUT2D eigenvalue weighted by molar-refractivity contribution is -0.0206. The highest BCUT2D eigenvalue weighted by Crippen LogP contribution is 2.29. The molecule has 1 aliphatic carbocycles. The molecule has 0 aliphatic heterocycles. The topological polar surface area (TPSA) is 29.5 Å². The first-order valence-electron chi connectivity index (χ1n) is 6.45. The van der Waals surface area contributed by atoms with Crippen LogP contribution in [0, 0.1) is 0 Å². The van der Waals surface area contributed by atoms with Crippen LogP contribution in [0.25, 0.3) is 6.08 Å². The van der Waals surface area contributed by atoms with Crippen LogP contribution in [0.3, 0.4) is 0 Å². The zero-order chi connectivity index (χ0) is 13.1. The molecule has 0 amide bonds. The number of hydrogen-bond donors (Lipinski definition) is 1. The number of ether oxygens (including phenoxy) is 1. The Morgan fingerprint density at radius 2 is 1.68 bits per heavy atom. The average molecular weight is 252 g/mol. The monoisotopic (exact) mass is 252 g/mol. The zero-order valence-corrected chi connectivity index (χ0v) is 10.6. The maximum atomic E-state index is 10.3. The van der Waals surface area contributed by atoms with Crippen LogP contribution < -0.4 is 0 Å². The summed E-state index contributed by atoms with van der Waals surface area (Å²) in [4.78, 5) is 0. The van der Waals surface area contributed by atoms with Crippen molar-refractivity contribution in [2.24, 2.45) is 0 Å². The summed E-state index contributed by atoms with van der Waals surface area (Å²) < 4.78 is 5.80. The molecule has 0 fully saturated rings. The third-order valence-corrected chi connectivity index (χ3v) is 3.38. The van der Waals surface area contributed by atoms with Crippen LogP contribution >= 0.6 is 0 Å². The first-order chi connectivity index (χ1) is 9.34. The SMILES string of the molecule is O[C@H]1c2ccccc2C=C[C@@H]1OCc1ccccc1. The Bertz CT molecular complexity index is 575. The van der Waals surface area contributed by atoms with E-state index >= 15 is 0 Å². The van der Waals surface area contributed by atoms with Crippen LogP contribution in [0.1, 0.15) is 22.8 Å². The second-order valence-corrected chi connectivity index (χ2v) is 4.69. The zero-order valence-electron chi connectivity index (χ0n) is 10.6. The van der Waals surface area contributed by atoms with E-state index in [2.05, 4.69) is 0 Å². The Hall–Kier alpha value is -1.90. The van der Waals surface area contributed by atoms with E-state index in [0.29, 0.717) is 6.61 Å². The highest BCUT2D eigenvalue weighted by Gasteiger charge is 2.24. The van der Waals surface area contributed by atoms with Crippen molar-refractivity contribution >= 4 is 6.08 Å². The molecular formula is C17H16O2. The van der Waals surface area contributed by atoms with Crippen molar-refractivity contribution in [3.8, 4) is 0 Å². The predicted molar refractivity (Wildman–Crippen MR) is 75.5 cm³/mol. The molecule has 0 saturated heterocycles. The molecule has 0 heterocycles. The van der Waals surface area contributed by atoms with Crippen LogP contribution in [-0.4, -0.2) is 11.2 Å². The molecule has 1 N–H and O–H groups in total. The van der Waals surface area contributed by atoms with E-state index in [1.807, 2.05) is 66.7 Å². The summed E-state index contributed by atoms with van der Waals surface area (Å²) in [5, 5.41) is 10.3. The largest absolute Gasteiger partial charge is 0.385 e. The maximum absolute atomic E-state index is 10.3. The van der Waals surface area contributed by atoms with E-state index in [1.54, 1.807) is 0 Å². The van der Waals surface area contributed by atoms with E-state index < -0.39 is 6.10 Å². The molecule has 2 heteroatoms. The molecule has 2 nitrogen and oxygen atoms in total. The molecular weight excluding hydrogens is 236 g/mol. The summed E-state index contributed by atoms with van der Waals surface area (Å²) in [6, 6.07) is 17.9. The van der Waals surface area contributed by atoms with Crippen molar-refractivity contribution in [3.63, 3.8) is 0 Å². The van der Waals surface area contributed by atoms with Gasteiger partial charge in [0.1, 0.15) is 12.2 Å². The van der Waals surface area contributed by atoms with Gasteiger partial charge in [-0.2, -0.15) is 0 Å². The smallest absolute Gasteiger partial charge is 0.109 e. The minimum Gasteiger partial charge on any atom is -0.385 e. The van der Waals surface area contributed by atoms with Gasteiger partial charge in [-0.15, -0.1) is 0 Å². The standard InChI is InChI=1S/C17H16O2/c18-17-15-9-5-4-8-14(15)10-11-16(17)19-12-13-6-2-1-3-7-13/h1-11,16-18H,12H2/t16-,17-/m0/s1. The first kappa shape index (κ1) is 12.2. The summed E-state index contributed by atoms with van der Waals surface area (Å²) in [5.74, 6) is 0. The molecule has 2 aromatic carbocycles. The van der Waals surface area contributed by atoms with E-state index in [-0.39, 0.29) is 6.10 Å². The molecule has 2 aromatic rings. The molecule has 0 spiro atoms. The van der Waals surface area contributed by atoms with Crippen molar-refractivity contribution in [1.29, 1.82) is 0 Å². The molecule has 0 aromatic heterocycles. The fraction of sp³-hybridized carbons (Fsp3) is 0.176. The number of rotatable bonds is 3. The molecule has 1 aliphatic rings. The third kappa shape index (κ3) is 2.60. The van der Waals surface area contributed by atoms with Crippen molar-refractivity contribution in [2.45, 2.75) is 18.8 Å². The van der Waals surface area contributed by atoms with E-state index in [1.165, 1.54) is 0 Å². The Morgan fingerprint density at radius 1 is 0.947 bits per heavy atom. The summed E-state index contributed by atoms with van der Waals surface area (Å²) >= 11 is 0. The summed E-state index contributed by atoms with van der Waals surface area (Å²) in [5.41, 5.74) is 3.11. The number of fused-ring (bicyclic) bond motifs is 1. The fourth-order valence-electron chi connectivity index (χ4n) is 2.33. The average Bonchev–Trinajstić information content (AvgIpc) is 2.48. The van der Waals surface area contributed by atoms with Gasteiger partial charge in [0.25, 0.3) is 0 Å². The quantitative estimate of drug-likeness (QED) is 0.908. The molecule has 0 saturated carbocycles. The van der Waals surface area contributed by atoms with Crippen LogP contribution in [0.5, 0.6) is 0 Å². The first-order valence-corrected chi connectivity index (χ1v) is 6.45. The summed E-state index contributed by atoms with van der Waals surface area (Å²) in [6.07, 6.45) is 3.06. The van der Waals surface area contributed by atoms with Gasteiger partial charge in [-0.25, -0.2) is 0 Å². The molecule has 96 valence electrons. The minimum atomic E-state index is -0.593. The van der Waals surface area contributed by atoms with Crippen LogP contribution in [0.4, 0.5) is 0 Å². The fourth-order valence-corrected chi connectivity index (χ4v) is 2.33. The van der Waals surface area contributed by atoms with Crippen LogP contribution in [-0.2, 0) is 11.3 Å². The van der Waals surface area contributed by atoms with E-state index in [0.717, 1.165) is 16.7 Å². The molecule has 0 radical (unpaired) electrons. The lowest BCUT2D eigenvalue weighted by Gasteiger charge is -2.25. The third-order valence-electron chi connectivity index (χ3n) is 3.38. The Balaban J connectivity index is 1.71. The normalized spacial score (nSPS) is 21.1. The highest BCUT2D eigenvalue weighted by atomic mass is 16.5. The van der Waals surface area contributed by atoms with Crippen molar-refractivity contribution < 1.29 is 9.84 Å². The Labute approximate surface area is 113 Å². The van der Waals surface area contributed by atoms with E-state index in [9.17, 15) is 5.11 Å². The van der Waals surface area contributed by atoms with Crippen molar-refractivity contribution in [2.75, 3.05) is 0 Å². The van der Waals surface area contributed by atoms with Gasteiger partial charge in [-0.05, 0) is 16.7 Å². The second-order valence-electron chi connectivity index (χ2n) is 4.69. The van der Waals surface area contributed by atoms with Gasteiger partial charge in [0.05, 0.1) is 6.61 Å². The van der Waals surface area contributed by atoms with Gasteiger partial charge in [-0.3, -0.25) is 0 Å². The molecule has 19 heavy (non-hydrogen) atoms. The van der Waals surface area contributed by atoms with Crippen molar-refractivity contribution in [1.82, 2.24) is 0 Å². The van der Waals surface area contributed by atoms with Crippen molar-refractivity contribution in [3.05, 3.63) is 77.4 Å². The molecule has 0 bridgehead atoms. The lowest BCUT2D eigenvalue weighted by atomic mass is 9.93. The summed E-state index contributed by atoms with van der Waals surface area (Å²) in [6.45, 7) is 0.509. The van der Waals surface area contributed by atoms with Gasteiger partial charge >= 0.3 is 0 Å². The number of benzene rings is 2.